The average Bonchev–Trinajstić information content (AvgIpc) is 2.92. The Morgan fingerprint density at radius 2 is 0.750 bits per heavy atom. The van der Waals surface area contributed by atoms with Crippen molar-refractivity contribution in [1.82, 2.24) is 0 Å². The first-order valence-electron chi connectivity index (χ1n) is 5.51. The van der Waals surface area contributed by atoms with E-state index in [0.717, 1.165) is 29.3 Å². The fourth-order valence-corrected chi connectivity index (χ4v) is 13.8. The molecule has 0 atom stereocenters. The monoisotopic (exact) mass is 448 g/mol. The predicted octanol–water partition coefficient (Wildman–Crippen LogP) is 7.47. The molecule has 1 aliphatic rings. The quantitative estimate of drug-likeness (QED) is 0.380. The lowest BCUT2D eigenvalue weighted by molar-refractivity contribution is 1.42. The van der Waals surface area contributed by atoms with Crippen LogP contribution in [-0.2, 0) is 0 Å². The van der Waals surface area contributed by atoms with E-state index in [1.165, 1.54) is 16.8 Å². The first kappa shape index (κ1) is 16.8. The van der Waals surface area contributed by atoms with E-state index in [1.54, 1.807) is 45.3 Å². The van der Waals surface area contributed by atoms with Crippen LogP contribution in [0, 0.1) is 6.28 Å². The van der Waals surface area contributed by atoms with Crippen LogP contribution in [0.1, 0.15) is 0 Å². The van der Waals surface area contributed by atoms with Crippen molar-refractivity contribution < 1.29 is 0 Å². The lowest BCUT2D eigenvalue weighted by Crippen LogP contribution is -1.87. The van der Waals surface area contributed by atoms with Gasteiger partial charge < -0.3 is 0 Å². The van der Waals surface area contributed by atoms with Crippen LogP contribution in [0.25, 0.3) is 0 Å². The van der Waals surface area contributed by atoms with E-state index in [4.69, 9.17) is 24.4 Å². The van der Waals surface area contributed by atoms with Crippen LogP contribution >= 0.6 is 117 Å². The molecule has 10 heteroatoms. The summed E-state index contributed by atoms with van der Waals surface area (Å²) < 4.78 is 7.82. The SMILES string of the molecule is S=c1sc2c(s1)SCCSc1sc(=S)sc1SCCS2. The van der Waals surface area contributed by atoms with Crippen molar-refractivity contribution in [3.05, 3.63) is 6.28 Å². The fraction of sp³-hybridized carbons (Fsp3) is 0.400. The van der Waals surface area contributed by atoms with Gasteiger partial charge in [0.1, 0.15) is 6.28 Å². The van der Waals surface area contributed by atoms with E-state index >= 15 is 0 Å². The molecule has 0 nitrogen and oxygen atoms in total. The van der Waals surface area contributed by atoms with Gasteiger partial charge in [0.15, 0.2) is 0 Å². The Hall–Kier alpha value is 1.94. The maximum atomic E-state index is 5.34. The summed E-state index contributed by atoms with van der Waals surface area (Å²) in [6, 6.07) is 0. The zero-order valence-corrected chi connectivity index (χ0v) is 18.1. The Morgan fingerprint density at radius 3 is 1.00 bits per heavy atom. The van der Waals surface area contributed by atoms with Gasteiger partial charge in [0.05, 0.1) is 16.8 Å². The minimum atomic E-state index is 1.06. The molecule has 0 fully saturated rings. The van der Waals surface area contributed by atoms with Gasteiger partial charge in [0.25, 0.3) is 0 Å². The molecule has 0 aromatic carbocycles. The lowest BCUT2D eigenvalue weighted by atomic mass is 11.0. The van der Waals surface area contributed by atoms with Crippen LogP contribution in [0.4, 0.5) is 0 Å². The Kier molecular flexibility index (Phi) is 6.85. The van der Waals surface area contributed by atoms with Crippen LogP contribution in [0.15, 0.2) is 16.8 Å². The second-order valence-corrected chi connectivity index (χ2v) is 15.4. The van der Waals surface area contributed by atoms with E-state index in [0.29, 0.717) is 0 Å². The van der Waals surface area contributed by atoms with Gasteiger partial charge in [-0.25, -0.2) is 0 Å². The highest BCUT2D eigenvalue weighted by Crippen LogP contribution is 2.45. The molecule has 3 heterocycles. The Bertz CT molecular complexity index is 572. The molecule has 0 saturated carbocycles. The molecule has 20 heavy (non-hydrogen) atoms. The number of thioether (sulfide) groups is 4. The van der Waals surface area contributed by atoms with Crippen LogP contribution in [0.2, 0.25) is 0 Å². The van der Waals surface area contributed by atoms with Crippen LogP contribution in [-0.4, -0.2) is 23.0 Å². The molecule has 0 saturated heterocycles. The lowest BCUT2D eigenvalue weighted by Gasteiger charge is -2.06. The highest BCUT2D eigenvalue weighted by Gasteiger charge is 2.13. The molecule has 108 valence electrons. The summed E-state index contributed by atoms with van der Waals surface area (Å²) in [7, 11) is 0. The van der Waals surface area contributed by atoms with Crippen molar-refractivity contribution in [3.63, 3.8) is 0 Å². The van der Waals surface area contributed by atoms with Gasteiger partial charge in [0.2, 0.25) is 0 Å². The third-order valence-electron chi connectivity index (χ3n) is 2.14. The van der Waals surface area contributed by atoms with Gasteiger partial charge in [-0.3, -0.25) is 0 Å². The zero-order chi connectivity index (χ0) is 13.9. The molecule has 0 spiro atoms. The van der Waals surface area contributed by atoms with Crippen LogP contribution < -0.4 is 0 Å². The first-order valence-corrected chi connectivity index (χ1v) is 13.5. The molecule has 0 aliphatic carbocycles. The summed E-state index contributed by atoms with van der Waals surface area (Å²) in [6.45, 7) is 0. The predicted molar refractivity (Wildman–Crippen MR) is 109 cm³/mol. The Balaban J connectivity index is 1.77. The highest BCUT2D eigenvalue weighted by atomic mass is 32.2. The van der Waals surface area contributed by atoms with E-state index in [9.17, 15) is 0 Å². The molecule has 2 aromatic heterocycles. The second kappa shape index (κ2) is 8.16. The minimum absolute atomic E-state index is 1.06. The summed E-state index contributed by atoms with van der Waals surface area (Å²) >= 11 is 25.6. The molecule has 1 aliphatic heterocycles. The molecular weight excluding hydrogens is 441 g/mol. The maximum Gasteiger partial charge on any atom is 0.145 e. The molecule has 0 amide bonds. The van der Waals surface area contributed by atoms with E-state index < -0.39 is 0 Å². The molecule has 0 radical (unpaired) electrons. The fourth-order valence-electron chi connectivity index (χ4n) is 1.40. The smallest absolute Gasteiger partial charge is 0.113 e. The second-order valence-electron chi connectivity index (χ2n) is 3.45. The summed E-state index contributed by atoms with van der Waals surface area (Å²) in [6.07, 6.45) is 0. The largest absolute Gasteiger partial charge is 0.145 e. The number of hydrogen-bond acceptors (Lipinski definition) is 10. The Morgan fingerprint density at radius 1 is 0.500 bits per heavy atom. The standard InChI is InChI=1S/C10H8S10/c11-9-17-5-6(18-9)15-3-4-16-8-7(14-2-1-13-5)19-10(12)20-8/h1-4H2. The van der Waals surface area contributed by atoms with Gasteiger partial charge in [-0.2, -0.15) is 0 Å². The number of rotatable bonds is 0. The first-order chi connectivity index (χ1) is 9.72. The molecular formula is C10H8S10. The summed E-state index contributed by atoms with van der Waals surface area (Å²) in [5, 5.41) is 0. The summed E-state index contributed by atoms with van der Waals surface area (Å²) in [4.78, 5) is 0. The number of hydrogen-bond donors (Lipinski definition) is 0. The van der Waals surface area contributed by atoms with E-state index in [2.05, 4.69) is 0 Å². The van der Waals surface area contributed by atoms with Crippen molar-refractivity contribution in [2.45, 2.75) is 16.8 Å². The van der Waals surface area contributed by atoms with Crippen molar-refractivity contribution in [2.24, 2.45) is 0 Å². The summed E-state index contributed by atoms with van der Waals surface area (Å²) in [5.41, 5.74) is 0. The maximum absolute atomic E-state index is 5.34. The van der Waals surface area contributed by atoms with Gasteiger partial charge in [0, 0.05) is 23.0 Å². The van der Waals surface area contributed by atoms with E-state index in [-0.39, 0.29) is 0 Å². The van der Waals surface area contributed by atoms with Crippen molar-refractivity contribution in [1.29, 1.82) is 0 Å². The highest BCUT2D eigenvalue weighted by molar-refractivity contribution is 8.09. The van der Waals surface area contributed by atoms with Crippen molar-refractivity contribution in [2.75, 3.05) is 23.0 Å². The van der Waals surface area contributed by atoms with E-state index in [1.807, 2.05) is 47.0 Å². The third-order valence-corrected chi connectivity index (χ3v) is 13.8. The molecule has 0 bridgehead atoms. The topological polar surface area (TPSA) is 0 Å². The van der Waals surface area contributed by atoms with Gasteiger partial charge in [-0.05, 0) is 0 Å². The van der Waals surface area contributed by atoms with Crippen LogP contribution in [0.3, 0.4) is 0 Å². The van der Waals surface area contributed by atoms with Gasteiger partial charge in [-0.15, -0.1) is 92.4 Å². The molecule has 0 N–H and O–H groups in total. The third kappa shape index (κ3) is 4.48. The van der Waals surface area contributed by atoms with Crippen LogP contribution in [0.5, 0.6) is 0 Å². The average molecular weight is 449 g/mol. The molecule has 3 rings (SSSR count). The van der Waals surface area contributed by atoms with Gasteiger partial charge >= 0.3 is 0 Å². The Labute approximate surface area is 161 Å². The van der Waals surface area contributed by atoms with Crippen molar-refractivity contribution >= 4 is 117 Å². The van der Waals surface area contributed by atoms with Crippen molar-refractivity contribution in [3.8, 4) is 0 Å². The molecule has 2 aromatic rings. The zero-order valence-electron chi connectivity index (χ0n) is 9.91. The molecule has 0 unspecified atom stereocenters. The summed E-state index contributed by atoms with van der Waals surface area (Å²) in [5.74, 6) is 4.55. The minimum Gasteiger partial charge on any atom is -0.113 e. The number of fused-ring (bicyclic) bond motifs is 2. The normalized spacial score (nSPS) is 16.8. The van der Waals surface area contributed by atoms with Gasteiger partial charge in [-0.1, -0.05) is 24.4 Å².